The number of carbonyl (C=O) groups is 1. The van der Waals surface area contributed by atoms with E-state index in [0.717, 1.165) is 0 Å². The van der Waals surface area contributed by atoms with Crippen LogP contribution in [0.15, 0.2) is 12.7 Å². The summed E-state index contributed by atoms with van der Waals surface area (Å²) in [5.74, 6) is -0.364. The molecule has 0 aromatic carbocycles. The summed E-state index contributed by atoms with van der Waals surface area (Å²) < 4.78 is 4.74. The van der Waals surface area contributed by atoms with Gasteiger partial charge in [-0.1, -0.05) is 15.3 Å². The highest BCUT2D eigenvalue weighted by Gasteiger charge is 2.00. The number of carbonyl (C=O) groups excluding carboxylic acids is 1. The summed E-state index contributed by atoms with van der Waals surface area (Å²) in [6, 6.07) is 0. The van der Waals surface area contributed by atoms with Gasteiger partial charge in [-0.05, 0) is 0 Å². The van der Waals surface area contributed by atoms with E-state index in [0.29, 0.717) is 6.42 Å². The second-order valence-corrected chi connectivity index (χ2v) is 2.42. The first-order valence-corrected chi connectivity index (χ1v) is 3.37. The van der Waals surface area contributed by atoms with Gasteiger partial charge in [0, 0.05) is 13.3 Å². The third kappa shape index (κ3) is 5.51. The molecule has 0 amide bonds. The van der Waals surface area contributed by atoms with Crippen molar-refractivity contribution in [2.45, 2.75) is 19.2 Å². The summed E-state index contributed by atoms with van der Waals surface area (Å²) >= 11 is 0. The van der Waals surface area contributed by atoms with Gasteiger partial charge in [0.05, 0.1) is 0 Å². The predicted molar refractivity (Wildman–Crippen MR) is 40.1 cm³/mol. The quantitative estimate of drug-likeness (QED) is 0.341. The van der Waals surface area contributed by atoms with Crippen molar-refractivity contribution in [2.75, 3.05) is 0 Å². The van der Waals surface area contributed by atoms with Crippen molar-refractivity contribution in [3.8, 4) is 0 Å². The average Bonchev–Trinajstić information content (AvgIpc) is 1.63. The maximum atomic E-state index is 10.3. The van der Waals surface area contributed by atoms with Crippen molar-refractivity contribution >= 4 is 15.2 Å². The Labute approximate surface area is 57.5 Å². The van der Waals surface area contributed by atoms with Crippen LogP contribution in [-0.4, -0.2) is 11.8 Å². The molecule has 9 heavy (non-hydrogen) atoms. The largest absolute Gasteiger partial charge is 0.458 e. The van der Waals surface area contributed by atoms with Crippen molar-refractivity contribution in [3.63, 3.8) is 0 Å². The molecule has 0 aliphatic carbocycles. The molecule has 0 saturated carbocycles. The maximum absolute atomic E-state index is 10.3. The van der Waals surface area contributed by atoms with Gasteiger partial charge in [-0.3, -0.25) is 4.79 Å². The van der Waals surface area contributed by atoms with E-state index >= 15 is 0 Å². The number of hydrogen-bond acceptors (Lipinski definition) is 2. The van der Waals surface area contributed by atoms with Crippen LogP contribution in [0.4, 0.5) is 0 Å². The molecule has 52 valence electrons. The zero-order valence-electron chi connectivity index (χ0n) is 5.46. The minimum Gasteiger partial charge on any atom is -0.458 e. The van der Waals surface area contributed by atoms with Crippen molar-refractivity contribution in [1.82, 2.24) is 0 Å². The molecule has 0 bridgehead atoms. The fraction of sp³-hybridized carbons (Fsp3) is 0.500. The van der Waals surface area contributed by atoms with Gasteiger partial charge in [-0.15, -0.1) is 6.58 Å². The topological polar surface area (TPSA) is 26.3 Å². The van der Waals surface area contributed by atoms with Gasteiger partial charge in [-0.25, -0.2) is 0 Å². The van der Waals surface area contributed by atoms with Crippen LogP contribution in [0, 0.1) is 0 Å². The van der Waals surface area contributed by atoms with Gasteiger partial charge in [0.1, 0.15) is 5.85 Å². The van der Waals surface area contributed by atoms with Crippen LogP contribution in [0.5, 0.6) is 0 Å². The number of hydrogen-bond donors (Lipinski definition) is 0. The van der Waals surface area contributed by atoms with Gasteiger partial charge in [0.15, 0.2) is 0 Å². The number of ether oxygens (including phenoxy) is 1. The van der Waals surface area contributed by atoms with E-state index in [2.05, 4.69) is 15.8 Å². The fourth-order valence-electron chi connectivity index (χ4n) is 0.426. The third-order valence-corrected chi connectivity index (χ3v) is 1.12. The molecular formula is C6H11O2P. The summed E-state index contributed by atoms with van der Waals surface area (Å²) in [7, 11) is 2.41. The van der Waals surface area contributed by atoms with Gasteiger partial charge >= 0.3 is 5.97 Å². The van der Waals surface area contributed by atoms with Gasteiger partial charge in [-0.2, -0.15) is 0 Å². The van der Waals surface area contributed by atoms with Crippen LogP contribution < -0.4 is 0 Å². The van der Waals surface area contributed by atoms with Crippen LogP contribution in [0.25, 0.3) is 0 Å². The summed E-state index contributed by atoms with van der Waals surface area (Å²) in [5, 5.41) is 0. The molecule has 0 spiro atoms. The van der Waals surface area contributed by atoms with E-state index in [1.54, 1.807) is 6.08 Å². The van der Waals surface area contributed by atoms with Crippen molar-refractivity contribution in [2.24, 2.45) is 0 Å². The lowest BCUT2D eigenvalue weighted by Gasteiger charge is -2.07. The average molecular weight is 146 g/mol. The molecule has 1 unspecified atom stereocenters. The lowest BCUT2D eigenvalue weighted by Crippen LogP contribution is -2.07. The highest BCUT2D eigenvalue weighted by Crippen LogP contribution is 2.06. The normalized spacial score (nSPS) is 12.2. The molecular weight excluding hydrogens is 135 g/mol. The second kappa shape index (κ2) is 4.51. The first-order valence-electron chi connectivity index (χ1n) is 2.70. The van der Waals surface area contributed by atoms with Crippen LogP contribution in [0.3, 0.4) is 0 Å². The van der Waals surface area contributed by atoms with Crippen molar-refractivity contribution < 1.29 is 9.53 Å². The van der Waals surface area contributed by atoms with Gasteiger partial charge in [0.2, 0.25) is 0 Å². The highest BCUT2D eigenvalue weighted by molar-refractivity contribution is 7.17. The Morgan fingerprint density at radius 1 is 2.00 bits per heavy atom. The van der Waals surface area contributed by atoms with Crippen molar-refractivity contribution in [1.29, 1.82) is 0 Å². The summed E-state index contributed by atoms with van der Waals surface area (Å²) in [6.07, 6.45) is 2.39. The lowest BCUT2D eigenvalue weighted by atomic mass is 10.4. The molecule has 0 saturated heterocycles. The van der Waals surface area contributed by atoms with Gasteiger partial charge in [0.25, 0.3) is 0 Å². The molecule has 0 fully saturated rings. The molecule has 0 aromatic heterocycles. The first-order chi connectivity index (χ1) is 4.16. The molecule has 0 rings (SSSR count). The molecule has 3 heteroatoms. The zero-order chi connectivity index (χ0) is 7.28. The van der Waals surface area contributed by atoms with E-state index in [1.165, 1.54) is 6.92 Å². The van der Waals surface area contributed by atoms with Gasteiger partial charge < -0.3 is 4.74 Å². The Balaban J connectivity index is 3.37. The van der Waals surface area contributed by atoms with Crippen LogP contribution >= 0.6 is 9.24 Å². The smallest absolute Gasteiger partial charge is 0.303 e. The Morgan fingerprint density at radius 3 is 2.89 bits per heavy atom. The van der Waals surface area contributed by atoms with E-state index < -0.39 is 0 Å². The van der Waals surface area contributed by atoms with Crippen molar-refractivity contribution in [3.05, 3.63) is 12.7 Å². The number of esters is 1. The standard InChI is InChI=1S/C6H11O2P/c1-3-4-6(9)8-5(2)7/h3,6H,1,4,9H2,2H3/t6-/m0/s1. The Kier molecular flexibility index (Phi) is 4.33. The van der Waals surface area contributed by atoms with E-state index in [1.807, 2.05) is 0 Å². The molecule has 0 aromatic rings. The predicted octanol–water partition coefficient (Wildman–Crippen LogP) is 1.33. The van der Waals surface area contributed by atoms with E-state index in [4.69, 9.17) is 4.74 Å². The highest BCUT2D eigenvalue weighted by atomic mass is 31.0. The fourth-order valence-corrected chi connectivity index (χ4v) is 0.810. The van der Waals surface area contributed by atoms with Crippen LogP contribution in [-0.2, 0) is 9.53 Å². The molecule has 0 radical (unpaired) electrons. The van der Waals surface area contributed by atoms with E-state index in [9.17, 15) is 4.79 Å². The SMILES string of the molecule is C=CC[C@H](P)OC(C)=O. The molecule has 2 atom stereocenters. The molecule has 0 N–H and O–H groups in total. The second-order valence-electron chi connectivity index (χ2n) is 1.67. The monoisotopic (exact) mass is 146 g/mol. The van der Waals surface area contributed by atoms with Crippen LogP contribution in [0.2, 0.25) is 0 Å². The summed E-state index contributed by atoms with van der Waals surface area (Å²) in [4.78, 5) is 10.3. The molecule has 0 heterocycles. The molecule has 0 aliphatic rings. The number of rotatable bonds is 3. The maximum Gasteiger partial charge on any atom is 0.303 e. The molecule has 2 nitrogen and oxygen atoms in total. The Morgan fingerprint density at radius 2 is 2.56 bits per heavy atom. The minimum atomic E-state index is -0.253. The third-order valence-electron chi connectivity index (χ3n) is 0.716. The Bertz CT molecular complexity index is 112. The molecule has 0 aliphatic heterocycles. The summed E-state index contributed by atoms with van der Waals surface area (Å²) in [5.41, 5.74) is 0. The van der Waals surface area contributed by atoms with Crippen LogP contribution in [0.1, 0.15) is 13.3 Å². The van der Waals surface area contributed by atoms with E-state index in [-0.39, 0.29) is 11.8 Å². The zero-order valence-corrected chi connectivity index (χ0v) is 6.62. The Hall–Kier alpha value is -0.360. The first kappa shape index (κ1) is 8.64. The summed E-state index contributed by atoms with van der Waals surface area (Å²) in [6.45, 7) is 4.89. The lowest BCUT2D eigenvalue weighted by molar-refractivity contribution is -0.142. The minimum absolute atomic E-state index is 0.111.